The van der Waals surface area contributed by atoms with Gasteiger partial charge in [-0.25, -0.2) is 13.2 Å². The van der Waals surface area contributed by atoms with E-state index in [0.717, 1.165) is 10.8 Å². The molecule has 134 valence electrons. The molecule has 6 heteroatoms. The Bertz CT molecular complexity index is 1070. The van der Waals surface area contributed by atoms with Crippen LogP contribution in [-0.2, 0) is 14.8 Å². The minimum absolute atomic E-state index is 0.164. The lowest BCUT2D eigenvalue weighted by molar-refractivity contribution is 0.0526. The fourth-order valence-electron chi connectivity index (χ4n) is 2.61. The first-order valence-corrected chi connectivity index (χ1v) is 9.68. The highest BCUT2D eigenvalue weighted by Crippen LogP contribution is 2.24. The number of ether oxygens (including phenoxy) is 1. The smallest absolute Gasteiger partial charge is 0.338 e. The molecule has 0 aliphatic carbocycles. The van der Waals surface area contributed by atoms with Gasteiger partial charge in [0.1, 0.15) is 0 Å². The van der Waals surface area contributed by atoms with Crippen LogP contribution >= 0.6 is 0 Å². The molecule has 0 amide bonds. The zero-order valence-corrected chi connectivity index (χ0v) is 15.3. The van der Waals surface area contributed by atoms with Gasteiger partial charge in [0.15, 0.2) is 0 Å². The molecule has 3 aromatic carbocycles. The number of sulfonamides is 1. The van der Waals surface area contributed by atoms with E-state index in [4.69, 9.17) is 4.74 Å². The molecule has 0 aliphatic heterocycles. The van der Waals surface area contributed by atoms with E-state index >= 15 is 0 Å². The van der Waals surface area contributed by atoms with E-state index in [1.165, 1.54) is 6.07 Å². The van der Waals surface area contributed by atoms with Crippen LogP contribution in [0, 0.1) is 6.92 Å². The summed E-state index contributed by atoms with van der Waals surface area (Å²) < 4.78 is 33.1. The number of hydrogen-bond donors (Lipinski definition) is 1. The number of anilines is 1. The number of nitrogens with one attached hydrogen (secondary N) is 1. The van der Waals surface area contributed by atoms with Crippen LogP contribution in [0.4, 0.5) is 5.69 Å². The molecule has 0 aromatic heterocycles. The lowest BCUT2D eigenvalue weighted by Crippen LogP contribution is -2.14. The van der Waals surface area contributed by atoms with E-state index in [1.54, 1.807) is 44.2 Å². The Kier molecular flexibility index (Phi) is 4.95. The van der Waals surface area contributed by atoms with Crippen LogP contribution in [0.5, 0.6) is 0 Å². The first-order valence-electron chi connectivity index (χ1n) is 8.20. The third kappa shape index (κ3) is 3.70. The number of carbonyl (C=O) groups is 1. The topological polar surface area (TPSA) is 72.5 Å². The van der Waals surface area contributed by atoms with E-state index in [0.29, 0.717) is 16.8 Å². The number of hydrogen-bond acceptors (Lipinski definition) is 4. The molecule has 3 rings (SSSR count). The lowest BCUT2D eigenvalue weighted by atomic mass is 10.1. The summed E-state index contributed by atoms with van der Waals surface area (Å²) >= 11 is 0. The highest BCUT2D eigenvalue weighted by Gasteiger charge is 2.17. The van der Waals surface area contributed by atoms with Gasteiger partial charge in [0.05, 0.1) is 22.8 Å². The Morgan fingerprint density at radius 3 is 2.46 bits per heavy atom. The molecule has 0 saturated heterocycles. The van der Waals surface area contributed by atoms with Crippen molar-refractivity contribution in [3.63, 3.8) is 0 Å². The SMILES string of the molecule is CCOC(=O)c1ccc(C)c(NS(=O)(=O)c2ccc3ccccc3c2)c1. The van der Waals surface area contributed by atoms with Crippen molar-refractivity contribution in [3.8, 4) is 0 Å². The molecular formula is C20H19NO4S. The summed E-state index contributed by atoms with van der Waals surface area (Å²) in [6.07, 6.45) is 0. The maximum Gasteiger partial charge on any atom is 0.338 e. The average molecular weight is 369 g/mol. The van der Waals surface area contributed by atoms with Crippen molar-refractivity contribution in [2.45, 2.75) is 18.7 Å². The molecule has 0 fully saturated rings. The van der Waals surface area contributed by atoms with Crippen molar-refractivity contribution in [2.75, 3.05) is 11.3 Å². The largest absolute Gasteiger partial charge is 0.462 e. The van der Waals surface area contributed by atoms with Crippen molar-refractivity contribution in [1.29, 1.82) is 0 Å². The summed E-state index contributed by atoms with van der Waals surface area (Å²) in [6, 6.07) is 17.3. The number of carbonyl (C=O) groups excluding carboxylic acids is 1. The molecular weight excluding hydrogens is 350 g/mol. The van der Waals surface area contributed by atoms with Crippen LogP contribution in [0.3, 0.4) is 0 Å². The second kappa shape index (κ2) is 7.17. The molecule has 3 aromatic rings. The summed E-state index contributed by atoms with van der Waals surface area (Å²) in [5.41, 5.74) is 1.36. The van der Waals surface area contributed by atoms with Gasteiger partial charge >= 0.3 is 5.97 Å². The number of aryl methyl sites for hydroxylation is 1. The predicted molar refractivity (Wildman–Crippen MR) is 102 cm³/mol. The molecule has 5 nitrogen and oxygen atoms in total. The van der Waals surface area contributed by atoms with Crippen LogP contribution in [-0.4, -0.2) is 21.0 Å². The summed E-state index contributed by atoms with van der Waals surface area (Å²) in [5.74, 6) is -0.487. The second-order valence-corrected chi connectivity index (χ2v) is 7.55. The van der Waals surface area contributed by atoms with Crippen LogP contribution in [0.2, 0.25) is 0 Å². The number of rotatable bonds is 5. The number of fused-ring (bicyclic) bond motifs is 1. The van der Waals surface area contributed by atoms with Crippen molar-refractivity contribution in [3.05, 3.63) is 71.8 Å². The Labute approximate surface area is 152 Å². The van der Waals surface area contributed by atoms with Crippen LogP contribution in [0.15, 0.2) is 65.6 Å². The van der Waals surface area contributed by atoms with Gasteiger partial charge in [0.25, 0.3) is 10.0 Å². The normalized spacial score (nSPS) is 11.3. The maximum atomic E-state index is 12.8. The van der Waals surface area contributed by atoms with E-state index in [-0.39, 0.29) is 11.5 Å². The molecule has 0 radical (unpaired) electrons. The standard InChI is InChI=1S/C20H19NO4S/c1-3-25-20(22)17-9-8-14(2)19(13-17)21-26(23,24)18-11-10-15-6-4-5-7-16(15)12-18/h4-13,21H,3H2,1-2H3. The highest BCUT2D eigenvalue weighted by molar-refractivity contribution is 7.92. The third-order valence-electron chi connectivity index (χ3n) is 4.02. The monoisotopic (exact) mass is 369 g/mol. The van der Waals surface area contributed by atoms with Crippen molar-refractivity contribution >= 4 is 32.5 Å². The molecule has 0 bridgehead atoms. The van der Waals surface area contributed by atoms with E-state index in [1.807, 2.05) is 24.3 Å². The Morgan fingerprint density at radius 2 is 1.73 bits per heavy atom. The summed E-state index contributed by atoms with van der Waals surface area (Å²) in [7, 11) is -3.78. The molecule has 0 spiro atoms. The first kappa shape index (κ1) is 17.9. The molecule has 0 unspecified atom stereocenters. The minimum atomic E-state index is -3.78. The van der Waals surface area contributed by atoms with Gasteiger partial charge in [-0.3, -0.25) is 4.72 Å². The van der Waals surface area contributed by atoms with Gasteiger partial charge < -0.3 is 4.74 Å². The Hall–Kier alpha value is -2.86. The number of esters is 1. The third-order valence-corrected chi connectivity index (χ3v) is 5.39. The molecule has 1 N–H and O–H groups in total. The van der Waals surface area contributed by atoms with Crippen molar-refractivity contribution in [2.24, 2.45) is 0 Å². The van der Waals surface area contributed by atoms with Gasteiger partial charge in [-0.2, -0.15) is 0 Å². The summed E-state index contributed by atoms with van der Waals surface area (Å²) in [5, 5.41) is 1.80. The predicted octanol–water partition coefficient (Wildman–Crippen LogP) is 4.13. The van der Waals surface area contributed by atoms with E-state index in [2.05, 4.69) is 4.72 Å². The van der Waals surface area contributed by atoms with E-state index < -0.39 is 16.0 Å². The van der Waals surface area contributed by atoms with Crippen LogP contribution in [0.1, 0.15) is 22.8 Å². The zero-order valence-electron chi connectivity index (χ0n) is 14.5. The fraction of sp³-hybridized carbons (Fsp3) is 0.150. The van der Waals surface area contributed by atoms with Gasteiger partial charge in [-0.15, -0.1) is 0 Å². The van der Waals surface area contributed by atoms with Crippen molar-refractivity contribution < 1.29 is 17.9 Å². The van der Waals surface area contributed by atoms with Gasteiger partial charge in [-0.1, -0.05) is 36.4 Å². The van der Waals surface area contributed by atoms with Crippen LogP contribution in [0.25, 0.3) is 10.8 Å². The zero-order chi connectivity index (χ0) is 18.7. The second-order valence-electron chi connectivity index (χ2n) is 5.86. The lowest BCUT2D eigenvalue weighted by Gasteiger charge is -2.12. The highest BCUT2D eigenvalue weighted by atomic mass is 32.2. The Balaban J connectivity index is 1.95. The van der Waals surface area contributed by atoms with E-state index in [9.17, 15) is 13.2 Å². The first-order chi connectivity index (χ1) is 12.4. The van der Waals surface area contributed by atoms with Crippen LogP contribution < -0.4 is 4.72 Å². The van der Waals surface area contributed by atoms with Crippen molar-refractivity contribution in [1.82, 2.24) is 0 Å². The molecule has 0 saturated carbocycles. The Morgan fingerprint density at radius 1 is 1.00 bits per heavy atom. The maximum absolute atomic E-state index is 12.8. The van der Waals surface area contributed by atoms with Gasteiger partial charge in [-0.05, 0) is 54.4 Å². The quantitative estimate of drug-likeness (QED) is 0.687. The molecule has 26 heavy (non-hydrogen) atoms. The minimum Gasteiger partial charge on any atom is -0.462 e. The molecule has 0 aliphatic rings. The van der Waals surface area contributed by atoms with Gasteiger partial charge in [0, 0.05) is 0 Å². The summed E-state index contributed by atoms with van der Waals surface area (Å²) in [4.78, 5) is 12.1. The summed E-state index contributed by atoms with van der Waals surface area (Å²) in [6.45, 7) is 3.74. The average Bonchev–Trinajstić information content (AvgIpc) is 2.63. The van der Waals surface area contributed by atoms with Gasteiger partial charge in [0.2, 0.25) is 0 Å². The molecule has 0 heterocycles. The molecule has 0 atom stereocenters. The number of benzene rings is 3. The fourth-order valence-corrected chi connectivity index (χ4v) is 3.77.